The summed E-state index contributed by atoms with van der Waals surface area (Å²) >= 11 is 0. The van der Waals surface area contributed by atoms with Gasteiger partial charge in [-0.2, -0.15) is 0 Å². The highest BCUT2D eigenvalue weighted by atomic mass is 16.3. The molecule has 146 valence electrons. The summed E-state index contributed by atoms with van der Waals surface area (Å²) < 4.78 is 6.60. The molecule has 0 aliphatic rings. The Morgan fingerprint density at radius 2 is 2.14 bits per heavy atom. The minimum atomic E-state index is -1.15. The minimum Gasteiger partial charge on any atom is -0.470 e. The summed E-state index contributed by atoms with van der Waals surface area (Å²) in [6.07, 6.45) is 9.15. The quantitative estimate of drug-likeness (QED) is 0.395. The van der Waals surface area contributed by atoms with Gasteiger partial charge in [0.15, 0.2) is 0 Å². The second-order valence-corrected chi connectivity index (χ2v) is 6.31. The van der Waals surface area contributed by atoms with Gasteiger partial charge >= 0.3 is 0 Å². The van der Waals surface area contributed by atoms with Crippen LogP contribution in [-0.2, 0) is 16.0 Å². The number of imidazole rings is 1. The third-order valence-corrected chi connectivity index (χ3v) is 4.47. The molecule has 0 aromatic carbocycles. The van der Waals surface area contributed by atoms with Crippen LogP contribution in [0, 0.1) is 0 Å². The number of ketones is 1. The first kappa shape index (κ1) is 18.2. The predicted octanol–water partition coefficient (Wildman–Crippen LogP) is 0.737. The maximum atomic E-state index is 12.8. The second kappa shape index (κ2) is 7.43. The van der Waals surface area contributed by atoms with E-state index in [2.05, 4.69) is 20.3 Å². The third kappa shape index (κ3) is 3.50. The van der Waals surface area contributed by atoms with Crippen LogP contribution in [0.2, 0.25) is 0 Å². The lowest BCUT2D eigenvalue weighted by Crippen LogP contribution is -2.47. The lowest BCUT2D eigenvalue weighted by molar-refractivity contribution is -0.137. The molecule has 4 rings (SSSR count). The van der Waals surface area contributed by atoms with Gasteiger partial charge in [0, 0.05) is 24.2 Å². The van der Waals surface area contributed by atoms with E-state index in [0.717, 1.165) is 10.9 Å². The van der Waals surface area contributed by atoms with E-state index in [1.165, 1.54) is 29.6 Å². The summed E-state index contributed by atoms with van der Waals surface area (Å²) in [6.45, 7) is 0. The summed E-state index contributed by atoms with van der Waals surface area (Å²) in [4.78, 5) is 47.9. The Morgan fingerprint density at radius 3 is 2.90 bits per heavy atom. The molecule has 2 amide bonds. The number of H-pyrrole nitrogens is 1. The number of hydrogen-bond acceptors (Lipinski definition) is 6. The number of furan rings is 1. The molecule has 4 heterocycles. The van der Waals surface area contributed by atoms with Crippen LogP contribution in [0.1, 0.15) is 16.1 Å². The van der Waals surface area contributed by atoms with Crippen molar-refractivity contribution in [3.05, 3.63) is 66.9 Å². The third-order valence-electron chi connectivity index (χ3n) is 4.47. The average Bonchev–Trinajstić information content (AvgIpc) is 3.45. The Labute approximate surface area is 163 Å². The highest BCUT2D eigenvalue weighted by Crippen LogP contribution is 2.20. The average molecular weight is 392 g/mol. The molecule has 0 radical (unpaired) electrons. The standard InChI is InChI=1S/C19H16N6O4/c20-18(27)17(26)13(5-11-6-23-14-9-29-8-12(11)14)24-19(28)15-7-21-10-25(15)16-3-1-2-4-22-16/h1-4,6-10,13,23H,5H2,(H2,20,27)(H,24,28). The van der Waals surface area contributed by atoms with Crippen molar-refractivity contribution < 1.29 is 18.8 Å². The maximum absolute atomic E-state index is 12.8. The second-order valence-electron chi connectivity index (χ2n) is 6.31. The van der Waals surface area contributed by atoms with Crippen molar-refractivity contribution in [3.63, 3.8) is 0 Å². The Bertz CT molecular complexity index is 1190. The van der Waals surface area contributed by atoms with Gasteiger partial charge in [-0.3, -0.25) is 19.0 Å². The van der Waals surface area contributed by atoms with E-state index in [1.54, 1.807) is 30.6 Å². The van der Waals surface area contributed by atoms with Gasteiger partial charge in [-0.25, -0.2) is 9.97 Å². The number of carbonyl (C=O) groups excluding carboxylic acids is 3. The number of carbonyl (C=O) groups is 3. The molecule has 4 aromatic heterocycles. The smallest absolute Gasteiger partial charge is 0.287 e. The number of amides is 2. The molecular formula is C19H16N6O4. The number of fused-ring (bicyclic) bond motifs is 1. The Kier molecular flexibility index (Phi) is 4.65. The molecule has 0 fully saturated rings. The summed E-state index contributed by atoms with van der Waals surface area (Å²) in [5, 5.41) is 3.33. The van der Waals surface area contributed by atoms with Crippen LogP contribution < -0.4 is 11.1 Å². The Balaban J connectivity index is 1.61. The van der Waals surface area contributed by atoms with E-state index in [0.29, 0.717) is 11.4 Å². The number of nitrogens with one attached hydrogen (secondary N) is 2. The van der Waals surface area contributed by atoms with Gasteiger partial charge in [0.25, 0.3) is 11.8 Å². The molecule has 4 N–H and O–H groups in total. The fourth-order valence-electron chi connectivity index (χ4n) is 3.04. The highest BCUT2D eigenvalue weighted by molar-refractivity contribution is 6.38. The number of Topliss-reactive ketones (excluding diaryl/α,β-unsaturated/α-hetero) is 1. The van der Waals surface area contributed by atoms with Crippen molar-refractivity contribution >= 4 is 28.5 Å². The Hall–Kier alpha value is -4.21. The minimum absolute atomic E-state index is 0.0603. The van der Waals surface area contributed by atoms with Gasteiger partial charge in [0.2, 0.25) is 5.78 Å². The van der Waals surface area contributed by atoms with Crippen molar-refractivity contribution in [1.82, 2.24) is 24.8 Å². The van der Waals surface area contributed by atoms with Gasteiger partial charge in [0.1, 0.15) is 30.1 Å². The van der Waals surface area contributed by atoms with Gasteiger partial charge in [-0.05, 0) is 17.7 Å². The van der Waals surface area contributed by atoms with Gasteiger partial charge < -0.3 is 20.5 Å². The zero-order valence-electron chi connectivity index (χ0n) is 15.0. The molecule has 0 aliphatic heterocycles. The number of rotatable bonds is 7. The fourth-order valence-corrected chi connectivity index (χ4v) is 3.04. The van der Waals surface area contributed by atoms with Gasteiger partial charge in [0.05, 0.1) is 18.0 Å². The van der Waals surface area contributed by atoms with E-state index in [4.69, 9.17) is 10.2 Å². The van der Waals surface area contributed by atoms with Crippen LogP contribution in [0.4, 0.5) is 0 Å². The van der Waals surface area contributed by atoms with Gasteiger partial charge in [-0.1, -0.05) is 6.07 Å². The lowest BCUT2D eigenvalue weighted by Gasteiger charge is -2.16. The first-order valence-electron chi connectivity index (χ1n) is 8.65. The number of aromatic amines is 1. The van der Waals surface area contributed by atoms with Crippen LogP contribution in [-0.4, -0.2) is 43.2 Å². The number of nitrogens with zero attached hydrogens (tertiary/aromatic N) is 3. The molecule has 0 bridgehead atoms. The monoisotopic (exact) mass is 392 g/mol. The molecule has 1 atom stereocenters. The number of hydrogen-bond donors (Lipinski definition) is 3. The molecule has 10 heteroatoms. The van der Waals surface area contributed by atoms with E-state index in [9.17, 15) is 14.4 Å². The van der Waals surface area contributed by atoms with Crippen LogP contribution in [0.15, 0.2) is 60.1 Å². The topological polar surface area (TPSA) is 149 Å². The van der Waals surface area contributed by atoms with E-state index < -0.39 is 23.6 Å². The molecule has 0 spiro atoms. The number of pyridine rings is 1. The molecule has 0 saturated heterocycles. The lowest BCUT2D eigenvalue weighted by atomic mass is 10.0. The highest BCUT2D eigenvalue weighted by Gasteiger charge is 2.28. The summed E-state index contributed by atoms with van der Waals surface area (Å²) in [7, 11) is 0. The predicted molar refractivity (Wildman–Crippen MR) is 101 cm³/mol. The SMILES string of the molecule is NC(=O)C(=O)C(Cc1c[nH]c2cocc12)NC(=O)c1cncn1-c1ccccn1. The van der Waals surface area contributed by atoms with Crippen molar-refractivity contribution in [3.8, 4) is 5.82 Å². The zero-order chi connectivity index (χ0) is 20.4. The summed E-state index contributed by atoms with van der Waals surface area (Å²) in [6, 6.07) is 4.07. The molecule has 4 aromatic rings. The summed E-state index contributed by atoms with van der Waals surface area (Å²) in [5.74, 6) is -2.14. The molecule has 0 saturated carbocycles. The van der Waals surface area contributed by atoms with E-state index >= 15 is 0 Å². The fraction of sp³-hybridized carbons (Fsp3) is 0.105. The van der Waals surface area contributed by atoms with Crippen molar-refractivity contribution in [2.75, 3.05) is 0 Å². The van der Waals surface area contributed by atoms with Crippen molar-refractivity contribution in [2.24, 2.45) is 5.73 Å². The Morgan fingerprint density at radius 1 is 1.28 bits per heavy atom. The first-order valence-corrected chi connectivity index (χ1v) is 8.65. The van der Waals surface area contributed by atoms with Crippen LogP contribution >= 0.6 is 0 Å². The zero-order valence-corrected chi connectivity index (χ0v) is 15.0. The first-order chi connectivity index (χ1) is 14.0. The number of nitrogens with two attached hydrogens (primary N) is 1. The van der Waals surface area contributed by atoms with Crippen molar-refractivity contribution in [2.45, 2.75) is 12.5 Å². The molecule has 1 unspecified atom stereocenters. The van der Waals surface area contributed by atoms with Crippen LogP contribution in [0.3, 0.4) is 0 Å². The number of aromatic nitrogens is 4. The van der Waals surface area contributed by atoms with Gasteiger partial charge in [-0.15, -0.1) is 0 Å². The normalized spacial score (nSPS) is 12.0. The molecule has 0 aliphatic carbocycles. The molecule has 29 heavy (non-hydrogen) atoms. The van der Waals surface area contributed by atoms with E-state index in [-0.39, 0.29) is 12.1 Å². The number of primary amides is 1. The van der Waals surface area contributed by atoms with Crippen LogP contribution in [0.5, 0.6) is 0 Å². The van der Waals surface area contributed by atoms with Crippen LogP contribution in [0.25, 0.3) is 16.7 Å². The molecular weight excluding hydrogens is 376 g/mol. The molecule has 10 nitrogen and oxygen atoms in total. The largest absolute Gasteiger partial charge is 0.470 e. The van der Waals surface area contributed by atoms with E-state index in [1.807, 2.05) is 0 Å². The van der Waals surface area contributed by atoms with Crippen molar-refractivity contribution in [1.29, 1.82) is 0 Å². The maximum Gasteiger partial charge on any atom is 0.287 e. The summed E-state index contributed by atoms with van der Waals surface area (Å²) in [5.41, 5.74) is 6.78.